The Labute approximate surface area is 133 Å². The Balaban J connectivity index is 2.15. The van der Waals surface area contributed by atoms with Gasteiger partial charge in [0.2, 0.25) is 0 Å². The molecule has 0 fully saturated rings. The van der Waals surface area contributed by atoms with Crippen molar-refractivity contribution in [2.24, 2.45) is 0 Å². The van der Waals surface area contributed by atoms with Crippen molar-refractivity contribution in [2.75, 3.05) is 5.75 Å². The number of pyridine rings is 1. The molecule has 5 nitrogen and oxygen atoms in total. The van der Waals surface area contributed by atoms with Crippen LogP contribution in [0.2, 0.25) is 0 Å². The summed E-state index contributed by atoms with van der Waals surface area (Å²) in [5.41, 5.74) is 2.58. The van der Waals surface area contributed by atoms with Gasteiger partial charge in [-0.3, -0.25) is 14.3 Å². The number of carboxylic acid groups (broad SMARTS) is 1. The molecule has 2 aromatic heterocycles. The predicted octanol–water partition coefficient (Wildman–Crippen LogP) is 3.36. The summed E-state index contributed by atoms with van der Waals surface area (Å²) in [7, 11) is 0. The molecule has 21 heavy (non-hydrogen) atoms. The second kappa shape index (κ2) is 5.87. The van der Waals surface area contributed by atoms with Gasteiger partial charge in [0.15, 0.2) is 5.16 Å². The lowest BCUT2D eigenvalue weighted by atomic mass is 10.3. The molecular weight excluding hydrogens is 354 g/mol. The number of aromatic nitrogens is 3. The Morgan fingerprint density at radius 1 is 1.29 bits per heavy atom. The van der Waals surface area contributed by atoms with Gasteiger partial charge in [0.1, 0.15) is 5.52 Å². The summed E-state index contributed by atoms with van der Waals surface area (Å²) >= 11 is 4.60. The van der Waals surface area contributed by atoms with Crippen molar-refractivity contribution in [3.05, 3.63) is 47.2 Å². The number of benzene rings is 1. The van der Waals surface area contributed by atoms with E-state index < -0.39 is 5.97 Å². The second-order valence-electron chi connectivity index (χ2n) is 4.25. The van der Waals surface area contributed by atoms with Crippen LogP contribution < -0.4 is 0 Å². The molecule has 0 aliphatic rings. The molecule has 0 spiro atoms. The normalized spacial score (nSPS) is 10.9. The summed E-state index contributed by atoms with van der Waals surface area (Å²) in [5.74, 6) is -0.902. The monoisotopic (exact) mass is 363 g/mol. The number of rotatable bonds is 4. The van der Waals surface area contributed by atoms with Gasteiger partial charge < -0.3 is 5.11 Å². The molecule has 3 aromatic rings. The molecule has 7 heteroatoms. The lowest BCUT2D eigenvalue weighted by Crippen LogP contribution is -2.01. The fourth-order valence-electron chi connectivity index (χ4n) is 1.97. The summed E-state index contributed by atoms with van der Waals surface area (Å²) in [4.78, 5) is 19.3. The number of carbonyl (C=O) groups is 1. The second-order valence-corrected chi connectivity index (χ2v) is 6.11. The van der Waals surface area contributed by atoms with E-state index in [1.165, 1.54) is 11.8 Å². The zero-order valence-corrected chi connectivity index (χ0v) is 13.1. The highest BCUT2D eigenvalue weighted by molar-refractivity contribution is 9.10. The summed E-state index contributed by atoms with van der Waals surface area (Å²) in [6.45, 7) is 0. The molecule has 0 amide bonds. The van der Waals surface area contributed by atoms with Crippen LogP contribution in [-0.2, 0) is 4.79 Å². The molecule has 1 aromatic carbocycles. The van der Waals surface area contributed by atoms with Crippen LogP contribution in [0.3, 0.4) is 0 Å². The molecule has 0 saturated carbocycles. The van der Waals surface area contributed by atoms with E-state index in [9.17, 15) is 4.79 Å². The van der Waals surface area contributed by atoms with Crippen molar-refractivity contribution < 1.29 is 9.90 Å². The molecule has 2 heterocycles. The molecule has 0 saturated heterocycles. The Morgan fingerprint density at radius 3 is 2.76 bits per heavy atom. The fourth-order valence-corrected chi connectivity index (χ4v) is 2.99. The number of thioether (sulfide) groups is 1. The molecule has 1 N–H and O–H groups in total. The summed E-state index contributed by atoms with van der Waals surface area (Å²) in [5, 5.41) is 9.51. The van der Waals surface area contributed by atoms with Crippen molar-refractivity contribution in [2.45, 2.75) is 5.16 Å². The number of carboxylic acids is 1. The molecule has 0 aliphatic carbocycles. The minimum atomic E-state index is -0.868. The first-order chi connectivity index (χ1) is 10.1. The number of imidazole rings is 1. The fraction of sp³-hybridized carbons (Fsp3) is 0.0714. The van der Waals surface area contributed by atoms with Crippen LogP contribution in [0.5, 0.6) is 0 Å². The van der Waals surface area contributed by atoms with Gasteiger partial charge >= 0.3 is 5.97 Å². The third-order valence-electron chi connectivity index (χ3n) is 2.84. The molecule has 0 unspecified atom stereocenters. The van der Waals surface area contributed by atoms with E-state index in [1.54, 1.807) is 12.4 Å². The van der Waals surface area contributed by atoms with Crippen molar-refractivity contribution in [1.29, 1.82) is 0 Å². The number of aliphatic carboxylic acids is 1. The smallest absolute Gasteiger partial charge is 0.313 e. The average Bonchev–Trinajstić information content (AvgIpc) is 2.84. The minimum absolute atomic E-state index is 0.0344. The Morgan fingerprint density at radius 2 is 2.05 bits per heavy atom. The van der Waals surface area contributed by atoms with Crippen molar-refractivity contribution in [3.63, 3.8) is 0 Å². The van der Waals surface area contributed by atoms with Crippen molar-refractivity contribution >= 4 is 44.7 Å². The van der Waals surface area contributed by atoms with Gasteiger partial charge in [-0.1, -0.05) is 27.7 Å². The zero-order valence-electron chi connectivity index (χ0n) is 10.7. The number of hydrogen-bond acceptors (Lipinski definition) is 4. The van der Waals surface area contributed by atoms with E-state index in [0.717, 1.165) is 21.2 Å². The van der Waals surface area contributed by atoms with Crippen molar-refractivity contribution in [1.82, 2.24) is 14.5 Å². The van der Waals surface area contributed by atoms with Crippen LogP contribution in [0, 0.1) is 0 Å². The van der Waals surface area contributed by atoms with Crippen LogP contribution in [0.25, 0.3) is 16.7 Å². The Hall–Kier alpha value is -1.86. The maximum absolute atomic E-state index is 10.8. The first-order valence-corrected chi connectivity index (χ1v) is 7.86. The SMILES string of the molecule is O=C(O)CSc1nc2cnccc2n1-c1ccc(Br)cc1. The zero-order chi connectivity index (χ0) is 14.8. The first kappa shape index (κ1) is 14.1. The first-order valence-electron chi connectivity index (χ1n) is 6.08. The van der Waals surface area contributed by atoms with Crippen LogP contribution in [0.4, 0.5) is 0 Å². The van der Waals surface area contributed by atoms with Gasteiger partial charge in [-0.2, -0.15) is 0 Å². The Bertz CT molecular complexity index is 802. The summed E-state index contributed by atoms with van der Waals surface area (Å²) < 4.78 is 2.92. The number of fused-ring (bicyclic) bond motifs is 1. The van der Waals surface area contributed by atoms with Gasteiger partial charge in [-0.25, -0.2) is 4.98 Å². The lowest BCUT2D eigenvalue weighted by molar-refractivity contribution is -0.133. The highest BCUT2D eigenvalue weighted by Crippen LogP contribution is 2.28. The third kappa shape index (κ3) is 2.93. The van der Waals surface area contributed by atoms with E-state index >= 15 is 0 Å². The quantitative estimate of drug-likeness (QED) is 0.719. The highest BCUT2D eigenvalue weighted by atomic mass is 79.9. The number of nitrogens with zero attached hydrogens (tertiary/aromatic N) is 3. The van der Waals surface area contributed by atoms with E-state index in [1.807, 2.05) is 34.9 Å². The molecule has 0 aliphatic heterocycles. The highest BCUT2D eigenvalue weighted by Gasteiger charge is 2.14. The van der Waals surface area contributed by atoms with E-state index in [-0.39, 0.29) is 5.75 Å². The van der Waals surface area contributed by atoms with Crippen LogP contribution >= 0.6 is 27.7 Å². The van der Waals surface area contributed by atoms with E-state index in [4.69, 9.17) is 5.11 Å². The summed E-state index contributed by atoms with van der Waals surface area (Å²) in [6, 6.07) is 9.66. The average molecular weight is 364 g/mol. The summed E-state index contributed by atoms with van der Waals surface area (Å²) in [6.07, 6.45) is 3.38. The van der Waals surface area contributed by atoms with Crippen LogP contribution in [0.1, 0.15) is 0 Å². The topological polar surface area (TPSA) is 68.0 Å². The van der Waals surface area contributed by atoms with E-state index in [0.29, 0.717) is 5.16 Å². The van der Waals surface area contributed by atoms with Gasteiger partial charge in [-0.05, 0) is 30.3 Å². The molecule has 0 radical (unpaired) electrons. The Kier molecular flexibility index (Phi) is 3.94. The lowest BCUT2D eigenvalue weighted by Gasteiger charge is -2.08. The van der Waals surface area contributed by atoms with Gasteiger partial charge in [-0.15, -0.1) is 0 Å². The van der Waals surface area contributed by atoms with Gasteiger partial charge in [0.25, 0.3) is 0 Å². The third-order valence-corrected chi connectivity index (χ3v) is 4.29. The maximum Gasteiger partial charge on any atom is 0.313 e. The molecule has 106 valence electrons. The predicted molar refractivity (Wildman–Crippen MR) is 84.9 cm³/mol. The van der Waals surface area contributed by atoms with Gasteiger partial charge in [0, 0.05) is 16.4 Å². The molecule has 0 atom stereocenters. The van der Waals surface area contributed by atoms with Crippen molar-refractivity contribution in [3.8, 4) is 5.69 Å². The van der Waals surface area contributed by atoms with Crippen LogP contribution in [-0.4, -0.2) is 31.4 Å². The molecule has 3 rings (SSSR count). The standard InChI is InChI=1S/C14H10BrN3O2S/c15-9-1-3-10(4-2-9)18-12-5-6-16-7-11(12)17-14(18)21-8-13(19)20/h1-7H,8H2,(H,19,20). The number of halogens is 1. The largest absolute Gasteiger partial charge is 0.481 e. The molecule has 0 bridgehead atoms. The van der Waals surface area contributed by atoms with E-state index in [2.05, 4.69) is 25.9 Å². The maximum atomic E-state index is 10.8. The molecular formula is C14H10BrN3O2S. The number of hydrogen-bond donors (Lipinski definition) is 1. The minimum Gasteiger partial charge on any atom is -0.481 e. The van der Waals surface area contributed by atoms with Gasteiger partial charge in [0.05, 0.1) is 17.5 Å². The van der Waals surface area contributed by atoms with Crippen LogP contribution in [0.15, 0.2) is 52.4 Å².